The van der Waals surface area contributed by atoms with Crippen LogP contribution >= 0.6 is 0 Å². The lowest BCUT2D eigenvalue weighted by molar-refractivity contribution is -0.0121. The second-order valence-electron chi connectivity index (χ2n) is 5.34. The molecule has 0 aliphatic heterocycles. The lowest BCUT2D eigenvalue weighted by Gasteiger charge is -2.37. The zero-order valence-corrected chi connectivity index (χ0v) is 11.6. The third-order valence-corrected chi connectivity index (χ3v) is 3.73. The molecule has 0 aromatic heterocycles. The maximum absolute atomic E-state index is 5.58. The van der Waals surface area contributed by atoms with Crippen molar-refractivity contribution in [2.75, 3.05) is 6.61 Å². The van der Waals surface area contributed by atoms with Crippen LogP contribution in [0.1, 0.15) is 38.7 Å². The van der Waals surface area contributed by atoms with Gasteiger partial charge in [0, 0.05) is 18.7 Å². The second-order valence-corrected chi connectivity index (χ2v) is 5.34. The zero-order valence-electron chi connectivity index (χ0n) is 11.6. The van der Waals surface area contributed by atoms with Crippen LogP contribution in [0.15, 0.2) is 30.3 Å². The molecule has 1 aromatic rings. The average Bonchev–Trinajstić information content (AvgIpc) is 2.35. The first kappa shape index (κ1) is 13.6. The van der Waals surface area contributed by atoms with E-state index < -0.39 is 0 Å². The summed E-state index contributed by atoms with van der Waals surface area (Å²) in [6, 6.07) is 12.0. The van der Waals surface area contributed by atoms with Crippen molar-refractivity contribution in [2.45, 2.75) is 57.7 Å². The van der Waals surface area contributed by atoms with E-state index in [2.05, 4.69) is 49.5 Å². The molecule has 2 heteroatoms. The van der Waals surface area contributed by atoms with Gasteiger partial charge in [-0.1, -0.05) is 30.3 Å². The van der Waals surface area contributed by atoms with Crippen LogP contribution < -0.4 is 5.32 Å². The van der Waals surface area contributed by atoms with Crippen LogP contribution in [0, 0.1) is 0 Å². The minimum absolute atomic E-state index is 0.508. The summed E-state index contributed by atoms with van der Waals surface area (Å²) < 4.78 is 5.58. The molecule has 2 nitrogen and oxygen atoms in total. The van der Waals surface area contributed by atoms with Crippen molar-refractivity contribution >= 4 is 0 Å². The molecule has 0 radical (unpaired) electrons. The second kappa shape index (κ2) is 6.91. The predicted molar refractivity (Wildman–Crippen MR) is 75.8 cm³/mol. The molecule has 0 heterocycles. The number of rotatable bonds is 7. The Labute approximate surface area is 111 Å². The number of benzene rings is 1. The minimum atomic E-state index is 0.508. The summed E-state index contributed by atoms with van der Waals surface area (Å²) in [4.78, 5) is 0. The Morgan fingerprint density at radius 3 is 2.67 bits per heavy atom. The van der Waals surface area contributed by atoms with Crippen molar-refractivity contribution in [3.63, 3.8) is 0 Å². The van der Waals surface area contributed by atoms with Gasteiger partial charge in [-0.2, -0.15) is 0 Å². The standard InChI is InChI=1S/C16H25NO/c1-3-18-16-11-15(12-16)17-13(2)9-10-14-7-5-4-6-8-14/h4-8,13,15-17H,3,9-12H2,1-2H3. The third-order valence-electron chi connectivity index (χ3n) is 3.73. The highest BCUT2D eigenvalue weighted by atomic mass is 16.5. The summed E-state index contributed by atoms with van der Waals surface area (Å²) in [5, 5.41) is 3.69. The molecule has 0 saturated heterocycles. The van der Waals surface area contributed by atoms with Crippen molar-refractivity contribution in [2.24, 2.45) is 0 Å². The topological polar surface area (TPSA) is 21.3 Å². The monoisotopic (exact) mass is 247 g/mol. The Kier molecular flexibility index (Phi) is 5.21. The van der Waals surface area contributed by atoms with Crippen LogP contribution in [0.2, 0.25) is 0 Å². The molecule has 2 rings (SSSR count). The molecule has 0 bridgehead atoms. The van der Waals surface area contributed by atoms with Crippen LogP contribution in [-0.2, 0) is 11.2 Å². The summed E-state index contributed by atoms with van der Waals surface area (Å²) in [6.07, 6.45) is 5.25. The molecule has 0 spiro atoms. The molecular weight excluding hydrogens is 222 g/mol. The Morgan fingerprint density at radius 2 is 2.00 bits per heavy atom. The van der Waals surface area contributed by atoms with E-state index >= 15 is 0 Å². The molecule has 18 heavy (non-hydrogen) atoms. The van der Waals surface area contributed by atoms with Gasteiger partial charge in [0.2, 0.25) is 0 Å². The lowest BCUT2D eigenvalue weighted by Crippen LogP contribution is -2.48. The molecule has 1 fully saturated rings. The van der Waals surface area contributed by atoms with Gasteiger partial charge in [-0.25, -0.2) is 0 Å². The summed E-state index contributed by atoms with van der Waals surface area (Å²) in [5.74, 6) is 0. The fourth-order valence-corrected chi connectivity index (χ4v) is 2.59. The first-order chi connectivity index (χ1) is 8.78. The van der Waals surface area contributed by atoms with Crippen LogP contribution in [0.5, 0.6) is 0 Å². The number of aryl methyl sites for hydroxylation is 1. The molecule has 1 unspecified atom stereocenters. The smallest absolute Gasteiger partial charge is 0.0604 e. The van der Waals surface area contributed by atoms with E-state index in [1.165, 1.54) is 24.8 Å². The van der Waals surface area contributed by atoms with Gasteiger partial charge >= 0.3 is 0 Å². The maximum Gasteiger partial charge on any atom is 0.0604 e. The lowest BCUT2D eigenvalue weighted by atomic mass is 9.88. The summed E-state index contributed by atoms with van der Waals surface area (Å²) >= 11 is 0. The van der Waals surface area contributed by atoms with Crippen LogP contribution in [0.25, 0.3) is 0 Å². The largest absolute Gasteiger partial charge is 0.378 e. The predicted octanol–water partition coefficient (Wildman–Crippen LogP) is 3.16. The number of ether oxygens (including phenoxy) is 1. The van der Waals surface area contributed by atoms with Gasteiger partial charge in [0.15, 0.2) is 0 Å². The first-order valence-electron chi connectivity index (χ1n) is 7.19. The SMILES string of the molecule is CCOC1CC(NC(C)CCc2ccccc2)C1. The van der Waals surface area contributed by atoms with Crippen LogP contribution in [0.4, 0.5) is 0 Å². The Balaban J connectivity index is 1.60. The van der Waals surface area contributed by atoms with Crippen LogP contribution in [-0.4, -0.2) is 24.8 Å². The van der Waals surface area contributed by atoms with Crippen molar-refractivity contribution in [3.05, 3.63) is 35.9 Å². The molecule has 1 atom stereocenters. The van der Waals surface area contributed by atoms with Gasteiger partial charge in [-0.3, -0.25) is 0 Å². The Bertz CT molecular complexity index is 332. The molecule has 0 amide bonds. The number of hydrogen-bond donors (Lipinski definition) is 1. The molecule has 100 valence electrons. The van der Waals surface area contributed by atoms with Crippen molar-refractivity contribution in [3.8, 4) is 0 Å². The van der Waals surface area contributed by atoms with Gasteiger partial charge < -0.3 is 10.1 Å². The molecule has 1 aromatic carbocycles. The molecular formula is C16H25NO. The van der Waals surface area contributed by atoms with Crippen molar-refractivity contribution in [1.29, 1.82) is 0 Å². The van der Waals surface area contributed by atoms with E-state index in [0.717, 1.165) is 13.0 Å². The molecule has 1 aliphatic rings. The van der Waals surface area contributed by atoms with E-state index in [4.69, 9.17) is 4.74 Å². The van der Waals surface area contributed by atoms with E-state index in [1.807, 2.05) is 0 Å². The molecule has 1 aliphatic carbocycles. The van der Waals surface area contributed by atoms with Gasteiger partial charge in [0.1, 0.15) is 0 Å². The van der Waals surface area contributed by atoms with Crippen LogP contribution in [0.3, 0.4) is 0 Å². The van der Waals surface area contributed by atoms with Gasteiger partial charge in [0.25, 0.3) is 0 Å². The molecule has 1 N–H and O–H groups in total. The van der Waals surface area contributed by atoms with Crippen molar-refractivity contribution < 1.29 is 4.74 Å². The highest BCUT2D eigenvalue weighted by molar-refractivity contribution is 5.14. The van der Waals surface area contributed by atoms with Gasteiger partial charge in [-0.05, 0) is 45.1 Å². The van der Waals surface area contributed by atoms with Crippen molar-refractivity contribution in [1.82, 2.24) is 5.32 Å². The fraction of sp³-hybridized carbons (Fsp3) is 0.625. The third kappa shape index (κ3) is 4.11. The average molecular weight is 247 g/mol. The maximum atomic E-state index is 5.58. The Hall–Kier alpha value is -0.860. The van der Waals surface area contributed by atoms with E-state index in [1.54, 1.807) is 0 Å². The highest BCUT2D eigenvalue weighted by Gasteiger charge is 2.29. The van der Waals surface area contributed by atoms with Gasteiger partial charge in [0.05, 0.1) is 6.10 Å². The summed E-state index contributed by atoms with van der Waals surface area (Å²) in [7, 11) is 0. The quantitative estimate of drug-likeness (QED) is 0.799. The van der Waals surface area contributed by atoms with E-state index in [9.17, 15) is 0 Å². The van der Waals surface area contributed by atoms with E-state index in [0.29, 0.717) is 18.2 Å². The number of hydrogen-bond acceptors (Lipinski definition) is 2. The Morgan fingerprint density at radius 1 is 1.28 bits per heavy atom. The summed E-state index contributed by atoms with van der Waals surface area (Å²) in [6.45, 7) is 5.21. The first-order valence-corrected chi connectivity index (χ1v) is 7.19. The fourth-order valence-electron chi connectivity index (χ4n) is 2.59. The zero-order chi connectivity index (χ0) is 12.8. The molecule has 1 saturated carbocycles. The minimum Gasteiger partial charge on any atom is -0.378 e. The number of nitrogens with one attached hydrogen (secondary N) is 1. The van der Waals surface area contributed by atoms with Gasteiger partial charge in [-0.15, -0.1) is 0 Å². The normalized spacial score (nSPS) is 24.6. The highest BCUT2D eigenvalue weighted by Crippen LogP contribution is 2.24. The van der Waals surface area contributed by atoms with E-state index in [-0.39, 0.29) is 0 Å². The summed E-state index contributed by atoms with van der Waals surface area (Å²) in [5.41, 5.74) is 1.44.